The summed E-state index contributed by atoms with van der Waals surface area (Å²) in [6.45, 7) is 0. The molecule has 0 heterocycles. The lowest BCUT2D eigenvalue weighted by Crippen LogP contribution is -2.05. The Hall–Kier alpha value is -0.740. The van der Waals surface area contributed by atoms with Crippen molar-refractivity contribution in [2.24, 2.45) is 0 Å². The van der Waals surface area contributed by atoms with Crippen molar-refractivity contribution < 1.29 is 8.78 Å². The highest BCUT2D eigenvalue weighted by Gasteiger charge is 2.12. The molecule has 0 nitrogen and oxygen atoms in total. The minimum atomic E-state index is -0.803. The topological polar surface area (TPSA) is 0 Å². The zero-order valence-corrected chi connectivity index (χ0v) is 13.2. The van der Waals surface area contributed by atoms with E-state index < -0.39 is 11.6 Å². The molecule has 0 radical (unpaired) electrons. The third-order valence-corrected chi connectivity index (χ3v) is 4.30. The molecule has 0 aliphatic heterocycles. The van der Waals surface area contributed by atoms with E-state index in [4.69, 9.17) is 0 Å². The minimum absolute atomic E-state index is 0.234. The van der Waals surface area contributed by atoms with Crippen molar-refractivity contribution in [3.63, 3.8) is 0 Å². The van der Waals surface area contributed by atoms with Crippen LogP contribution in [0, 0.1) is 11.6 Å². The molecule has 0 saturated heterocycles. The summed E-state index contributed by atoms with van der Waals surface area (Å²) in [6, 6.07) is 12.1. The first-order valence-corrected chi connectivity index (χ1v) is 7.77. The Morgan fingerprint density at radius 2 is 1.63 bits per heavy atom. The van der Waals surface area contributed by atoms with E-state index in [9.17, 15) is 8.78 Å². The van der Waals surface area contributed by atoms with Crippen LogP contribution in [0.15, 0.2) is 46.9 Å². The van der Waals surface area contributed by atoms with Gasteiger partial charge < -0.3 is 0 Å². The highest BCUT2D eigenvalue weighted by Crippen LogP contribution is 2.25. The molecule has 2 aromatic rings. The standard InChI is InChI=1S/C15H12Br2F2/c16-9-12(11-2-4-13(17)5-3-11)7-10-1-6-14(18)15(19)8-10/h1-6,8,12H,7,9H2. The van der Waals surface area contributed by atoms with Crippen molar-refractivity contribution in [2.75, 3.05) is 5.33 Å². The Bertz CT molecular complexity index is 553. The number of benzene rings is 2. The second-order valence-corrected chi connectivity index (χ2v) is 5.92. The van der Waals surface area contributed by atoms with Crippen molar-refractivity contribution in [3.05, 3.63) is 69.7 Å². The van der Waals surface area contributed by atoms with Gasteiger partial charge in [-0.15, -0.1) is 0 Å². The van der Waals surface area contributed by atoms with Crippen LogP contribution in [-0.4, -0.2) is 5.33 Å². The van der Waals surface area contributed by atoms with Gasteiger partial charge in [-0.05, 0) is 47.7 Å². The van der Waals surface area contributed by atoms with Crippen LogP contribution in [0.3, 0.4) is 0 Å². The summed E-state index contributed by atoms with van der Waals surface area (Å²) in [5.41, 5.74) is 1.97. The van der Waals surface area contributed by atoms with Crippen molar-refractivity contribution in [3.8, 4) is 0 Å². The Labute approximate surface area is 128 Å². The van der Waals surface area contributed by atoms with Crippen molar-refractivity contribution >= 4 is 31.9 Å². The van der Waals surface area contributed by atoms with Gasteiger partial charge in [0.15, 0.2) is 11.6 Å². The first-order chi connectivity index (χ1) is 9.10. The highest BCUT2D eigenvalue weighted by molar-refractivity contribution is 9.10. The van der Waals surface area contributed by atoms with Crippen LogP contribution in [0.25, 0.3) is 0 Å². The van der Waals surface area contributed by atoms with Gasteiger partial charge in [0.2, 0.25) is 0 Å². The highest BCUT2D eigenvalue weighted by atomic mass is 79.9. The zero-order chi connectivity index (χ0) is 13.8. The molecule has 0 saturated carbocycles. The van der Waals surface area contributed by atoms with E-state index in [0.717, 1.165) is 15.4 Å². The molecule has 100 valence electrons. The van der Waals surface area contributed by atoms with E-state index in [1.807, 2.05) is 24.3 Å². The zero-order valence-electron chi connectivity index (χ0n) is 10.0. The van der Waals surface area contributed by atoms with E-state index in [2.05, 4.69) is 31.9 Å². The second-order valence-electron chi connectivity index (χ2n) is 4.36. The normalized spacial score (nSPS) is 12.4. The second kappa shape index (κ2) is 6.62. The summed E-state index contributed by atoms with van der Waals surface area (Å²) in [7, 11) is 0. The van der Waals surface area contributed by atoms with Crippen molar-refractivity contribution in [2.45, 2.75) is 12.3 Å². The van der Waals surface area contributed by atoms with Gasteiger partial charge in [0.25, 0.3) is 0 Å². The SMILES string of the molecule is Fc1ccc(CC(CBr)c2ccc(Br)cc2)cc1F. The summed E-state index contributed by atoms with van der Waals surface area (Å²) in [4.78, 5) is 0. The number of hydrogen-bond acceptors (Lipinski definition) is 0. The molecule has 0 fully saturated rings. The third-order valence-electron chi connectivity index (χ3n) is 2.99. The van der Waals surface area contributed by atoms with Crippen LogP contribution in [0.2, 0.25) is 0 Å². The van der Waals surface area contributed by atoms with Crippen LogP contribution in [0.1, 0.15) is 17.0 Å². The number of alkyl halides is 1. The van der Waals surface area contributed by atoms with Crippen molar-refractivity contribution in [1.29, 1.82) is 0 Å². The summed E-state index contributed by atoms with van der Waals surface area (Å²) < 4.78 is 27.1. The van der Waals surface area contributed by atoms with Crippen molar-refractivity contribution in [1.82, 2.24) is 0 Å². The third kappa shape index (κ3) is 3.86. The maximum Gasteiger partial charge on any atom is 0.159 e. The molecule has 0 spiro atoms. The molecule has 0 aromatic heterocycles. The lowest BCUT2D eigenvalue weighted by atomic mass is 9.94. The van der Waals surface area contributed by atoms with Gasteiger partial charge in [-0.1, -0.05) is 50.1 Å². The van der Waals surface area contributed by atoms with Crippen LogP contribution in [-0.2, 0) is 6.42 Å². The molecule has 0 bridgehead atoms. The molecule has 1 unspecified atom stereocenters. The molecular formula is C15H12Br2F2. The average molecular weight is 390 g/mol. The largest absolute Gasteiger partial charge is 0.204 e. The van der Waals surface area contributed by atoms with E-state index >= 15 is 0 Å². The van der Waals surface area contributed by atoms with E-state index in [1.54, 1.807) is 6.07 Å². The summed E-state index contributed by atoms with van der Waals surface area (Å²) in [6.07, 6.45) is 0.671. The molecule has 2 rings (SSSR count). The fourth-order valence-corrected chi connectivity index (χ4v) is 2.81. The molecule has 2 aromatic carbocycles. The quantitative estimate of drug-likeness (QED) is 0.610. The Kier molecular flexibility index (Phi) is 5.11. The van der Waals surface area contributed by atoms with Gasteiger partial charge in [-0.2, -0.15) is 0 Å². The number of hydrogen-bond donors (Lipinski definition) is 0. The summed E-state index contributed by atoms with van der Waals surface area (Å²) in [5, 5.41) is 0.771. The van der Waals surface area contributed by atoms with E-state index in [1.165, 1.54) is 17.7 Å². The van der Waals surface area contributed by atoms with Crippen LogP contribution in [0.4, 0.5) is 8.78 Å². The molecule has 0 aliphatic rings. The Balaban J connectivity index is 2.18. The summed E-state index contributed by atoms with van der Waals surface area (Å²) >= 11 is 6.88. The predicted molar refractivity (Wildman–Crippen MR) is 80.7 cm³/mol. The predicted octanol–water partition coefficient (Wildman–Crippen LogP) is 5.45. The molecule has 1 atom stereocenters. The molecular weight excluding hydrogens is 378 g/mol. The lowest BCUT2D eigenvalue weighted by molar-refractivity contribution is 0.506. The molecule has 0 aliphatic carbocycles. The molecule has 4 heteroatoms. The van der Waals surface area contributed by atoms with Crippen LogP contribution in [0.5, 0.6) is 0 Å². The lowest BCUT2D eigenvalue weighted by Gasteiger charge is -2.15. The van der Waals surface area contributed by atoms with Gasteiger partial charge in [-0.25, -0.2) is 8.78 Å². The minimum Gasteiger partial charge on any atom is -0.204 e. The van der Waals surface area contributed by atoms with Gasteiger partial charge in [0.05, 0.1) is 0 Å². The van der Waals surface area contributed by atoms with Gasteiger partial charge in [-0.3, -0.25) is 0 Å². The molecule has 0 N–H and O–H groups in total. The Morgan fingerprint density at radius 3 is 2.21 bits per heavy atom. The van der Waals surface area contributed by atoms with E-state index in [0.29, 0.717) is 6.42 Å². The number of rotatable bonds is 4. The monoisotopic (exact) mass is 388 g/mol. The fourth-order valence-electron chi connectivity index (χ4n) is 1.95. The molecule has 0 amide bonds. The first kappa shape index (κ1) is 14.7. The number of halogens is 4. The average Bonchev–Trinajstić information content (AvgIpc) is 2.41. The van der Waals surface area contributed by atoms with E-state index in [-0.39, 0.29) is 5.92 Å². The van der Waals surface area contributed by atoms with Crippen LogP contribution < -0.4 is 0 Å². The first-order valence-electron chi connectivity index (χ1n) is 5.85. The maximum absolute atomic E-state index is 13.2. The smallest absolute Gasteiger partial charge is 0.159 e. The van der Waals surface area contributed by atoms with Gasteiger partial charge in [0.1, 0.15) is 0 Å². The maximum atomic E-state index is 13.2. The molecule has 19 heavy (non-hydrogen) atoms. The fraction of sp³-hybridized carbons (Fsp3) is 0.200. The van der Waals surface area contributed by atoms with Crippen LogP contribution >= 0.6 is 31.9 Å². The van der Waals surface area contributed by atoms with Gasteiger partial charge in [0, 0.05) is 9.80 Å². The van der Waals surface area contributed by atoms with Gasteiger partial charge >= 0.3 is 0 Å². The summed E-state index contributed by atoms with van der Waals surface area (Å²) in [5.74, 6) is -1.36. The Morgan fingerprint density at radius 1 is 0.947 bits per heavy atom.